The number of fused-ring (bicyclic) bond motifs is 1. The first-order chi connectivity index (χ1) is 15.4. The second-order valence-corrected chi connectivity index (χ2v) is 9.72. The van der Waals surface area contributed by atoms with Gasteiger partial charge in [-0.1, -0.05) is 18.7 Å². The Hall–Kier alpha value is -2.30. The molecule has 0 bridgehead atoms. The van der Waals surface area contributed by atoms with Crippen molar-refractivity contribution in [1.82, 2.24) is 9.55 Å². The summed E-state index contributed by atoms with van der Waals surface area (Å²) in [6.45, 7) is 5.03. The number of aromatic nitrogens is 2. The van der Waals surface area contributed by atoms with Gasteiger partial charge in [0, 0.05) is 17.6 Å². The molecule has 2 aromatic heterocycles. The highest BCUT2D eigenvalue weighted by molar-refractivity contribution is 7.99. The van der Waals surface area contributed by atoms with E-state index in [1.165, 1.54) is 17.4 Å². The normalized spacial score (nSPS) is 16.1. The number of hydrogen-bond acceptors (Lipinski definition) is 6. The molecule has 1 amide bonds. The average Bonchev–Trinajstić information content (AvgIpc) is 3.37. The van der Waals surface area contributed by atoms with E-state index < -0.39 is 17.5 Å². The maximum atomic E-state index is 13.8. The first kappa shape index (κ1) is 22.9. The Kier molecular flexibility index (Phi) is 6.92. The predicted molar refractivity (Wildman–Crippen MR) is 123 cm³/mol. The zero-order chi connectivity index (χ0) is 22.8. The molecule has 3 heterocycles. The number of benzene rings is 1. The number of rotatable bonds is 7. The Labute approximate surface area is 192 Å². The van der Waals surface area contributed by atoms with Crippen LogP contribution in [-0.2, 0) is 22.5 Å². The van der Waals surface area contributed by atoms with Crippen molar-refractivity contribution in [2.45, 2.75) is 50.9 Å². The molecular formula is C22H23F2N3O3S2. The minimum atomic E-state index is -0.848. The van der Waals surface area contributed by atoms with Crippen LogP contribution in [0.3, 0.4) is 0 Å². The Balaban J connectivity index is 1.61. The average molecular weight is 480 g/mol. The van der Waals surface area contributed by atoms with Crippen molar-refractivity contribution in [2.75, 3.05) is 17.7 Å². The largest absolute Gasteiger partial charge is 0.376 e. The van der Waals surface area contributed by atoms with Gasteiger partial charge in [0.1, 0.15) is 16.5 Å². The summed E-state index contributed by atoms with van der Waals surface area (Å²) in [6.07, 6.45) is 2.47. The number of nitrogens with one attached hydrogen (secondary N) is 1. The first-order valence-electron chi connectivity index (χ1n) is 10.4. The summed E-state index contributed by atoms with van der Waals surface area (Å²) in [4.78, 5) is 32.2. The number of hydrogen-bond donors (Lipinski definition) is 1. The van der Waals surface area contributed by atoms with Crippen molar-refractivity contribution in [2.24, 2.45) is 0 Å². The molecule has 1 fully saturated rings. The number of halogens is 2. The molecule has 1 aromatic carbocycles. The molecule has 6 nitrogen and oxygen atoms in total. The van der Waals surface area contributed by atoms with Crippen molar-refractivity contribution >= 4 is 44.9 Å². The molecule has 1 N–H and O–H groups in total. The molecule has 0 saturated carbocycles. The summed E-state index contributed by atoms with van der Waals surface area (Å²) >= 11 is 2.58. The quantitative estimate of drug-likeness (QED) is 0.399. The number of ether oxygens (including phenoxy) is 1. The van der Waals surface area contributed by atoms with Gasteiger partial charge in [-0.05, 0) is 43.9 Å². The molecule has 0 spiro atoms. The maximum Gasteiger partial charge on any atom is 0.263 e. The molecule has 1 aliphatic heterocycles. The van der Waals surface area contributed by atoms with Crippen LogP contribution in [0, 0.1) is 18.6 Å². The van der Waals surface area contributed by atoms with E-state index in [0.717, 1.165) is 47.5 Å². The predicted octanol–water partition coefficient (Wildman–Crippen LogP) is 4.52. The Morgan fingerprint density at radius 3 is 2.91 bits per heavy atom. The third kappa shape index (κ3) is 4.72. The molecule has 10 heteroatoms. The highest BCUT2D eigenvalue weighted by Crippen LogP contribution is 2.30. The van der Waals surface area contributed by atoms with E-state index in [1.54, 1.807) is 4.57 Å². The zero-order valence-corrected chi connectivity index (χ0v) is 19.4. The molecule has 0 radical (unpaired) electrons. The minimum absolute atomic E-state index is 0.0711. The van der Waals surface area contributed by atoms with E-state index in [0.29, 0.717) is 34.6 Å². The van der Waals surface area contributed by atoms with E-state index in [-0.39, 0.29) is 23.1 Å². The summed E-state index contributed by atoms with van der Waals surface area (Å²) in [5.41, 5.74) is 0.780. The molecule has 1 aliphatic rings. The van der Waals surface area contributed by atoms with E-state index in [9.17, 15) is 18.4 Å². The number of carbonyl (C=O) groups is 1. The van der Waals surface area contributed by atoms with Crippen molar-refractivity contribution in [3.63, 3.8) is 0 Å². The maximum absolute atomic E-state index is 13.8. The van der Waals surface area contributed by atoms with E-state index in [1.807, 2.05) is 13.8 Å². The lowest BCUT2D eigenvalue weighted by molar-refractivity contribution is -0.113. The van der Waals surface area contributed by atoms with Gasteiger partial charge in [-0.15, -0.1) is 11.3 Å². The standard InChI is InChI=1S/C22H23F2N3O3S2/c1-3-15-12(2)32-20-19(15)21(29)27(10-14-5-4-8-30-14)22(26-20)31-11-18(28)25-17-7-6-13(23)9-16(17)24/h6-7,9,14H,3-5,8,10-11H2,1-2H3,(H,25,28). The number of aryl methyl sites for hydroxylation is 2. The summed E-state index contributed by atoms with van der Waals surface area (Å²) < 4.78 is 34.2. The third-order valence-electron chi connectivity index (χ3n) is 5.38. The fourth-order valence-corrected chi connectivity index (χ4v) is 5.79. The monoisotopic (exact) mass is 479 g/mol. The lowest BCUT2D eigenvalue weighted by Crippen LogP contribution is -2.29. The highest BCUT2D eigenvalue weighted by Gasteiger charge is 2.23. The number of amides is 1. The fourth-order valence-electron chi connectivity index (χ4n) is 3.83. The van der Waals surface area contributed by atoms with Crippen LogP contribution in [0.5, 0.6) is 0 Å². The Bertz CT molecular complexity index is 1220. The Morgan fingerprint density at radius 2 is 2.22 bits per heavy atom. The summed E-state index contributed by atoms with van der Waals surface area (Å²) in [6, 6.07) is 2.96. The minimum Gasteiger partial charge on any atom is -0.376 e. The van der Waals surface area contributed by atoms with Gasteiger partial charge in [0.05, 0.1) is 29.5 Å². The van der Waals surface area contributed by atoms with Crippen LogP contribution in [0.2, 0.25) is 0 Å². The van der Waals surface area contributed by atoms with Gasteiger partial charge in [0.25, 0.3) is 5.56 Å². The van der Waals surface area contributed by atoms with Gasteiger partial charge in [-0.25, -0.2) is 13.8 Å². The van der Waals surface area contributed by atoms with Crippen LogP contribution in [-0.4, -0.2) is 33.9 Å². The molecule has 170 valence electrons. The van der Waals surface area contributed by atoms with Crippen LogP contribution in [0.4, 0.5) is 14.5 Å². The SMILES string of the molecule is CCc1c(C)sc2nc(SCC(=O)Nc3ccc(F)cc3F)n(CC3CCCO3)c(=O)c12. The number of thiophene rings is 1. The van der Waals surface area contributed by atoms with Crippen LogP contribution in [0.1, 0.15) is 30.2 Å². The van der Waals surface area contributed by atoms with Crippen LogP contribution in [0.25, 0.3) is 10.2 Å². The molecule has 1 saturated heterocycles. The van der Waals surface area contributed by atoms with Crippen molar-refractivity contribution < 1.29 is 18.3 Å². The molecular weight excluding hydrogens is 456 g/mol. The summed E-state index contributed by atoms with van der Waals surface area (Å²) in [5, 5.41) is 3.50. The van der Waals surface area contributed by atoms with Gasteiger partial charge < -0.3 is 10.1 Å². The van der Waals surface area contributed by atoms with Crippen LogP contribution >= 0.6 is 23.1 Å². The molecule has 32 heavy (non-hydrogen) atoms. The van der Waals surface area contributed by atoms with E-state index in [2.05, 4.69) is 5.32 Å². The van der Waals surface area contributed by atoms with Crippen LogP contribution < -0.4 is 10.9 Å². The smallest absolute Gasteiger partial charge is 0.263 e. The number of thioether (sulfide) groups is 1. The van der Waals surface area contributed by atoms with Crippen molar-refractivity contribution in [1.29, 1.82) is 0 Å². The molecule has 1 atom stereocenters. The summed E-state index contributed by atoms with van der Waals surface area (Å²) in [7, 11) is 0. The fraction of sp³-hybridized carbons (Fsp3) is 0.409. The van der Waals surface area contributed by atoms with Gasteiger partial charge in [-0.2, -0.15) is 0 Å². The van der Waals surface area contributed by atoms with Crippen molar-refractivity contribution in [3.8, 4) is 0 Å². The van der Waals surface area contributed by atoms with Gasteiger partial charge >= 0.3 is 0 Å². The van der Waals surface area contributed by atoms with E-state index in [4.69, 9.17) is 9.72 Å². The second kappa shape index (κ2) is 9.68. The van der Waals surface area contributed by atoms with Gasteiger partial charge in [-0.3, -0.25) is 14.2 Å². The first-order valence-corrected chi connectivity index (χ1v) is 12.2. The lowest BCUT2D eigenvalue weighted by atomic mass is 10.1. The third-order valence-corrected chi connectivity index (χ3v) is 7.40. The molecule has 0 aliphatic carbocycles. The summed E-state index contributed by atoms with van der Waals surface area (Å²) in [5.74, 6) is -2.12. The van der Waals surface area contributed by atoms with Gasteiger partial charge in [0.2, 0.25) is 5.91 Å². The molecule has 1 unspecified atom stereocenters. The molecule has 4 rings (SSSR count). The van der Waals surface area contributed by atoms with Gasteiger partial charge in [0.15, 0.2) is 5.16 Å². The number of nitrogens with zero attached hydrogens (tertiary/aromatic N) is 2. The second-order valence-electron chi connectivity index (χ2n) is 7.58. The highest BCUT2D eigenvalue weighted by atomic mass is 32.2. The van der Waals surface area contributed by atoms with Crippen molar-refractivity contribution in [3.05, 3.63) is 50.6 Å². The Morgan fingerprint density at radius 1 is 1.41 bits per heavy atom. The number of carbonyl (C=O) groups excluding carboxylic acids is 1. The zero-order valence-electron chi connectivity index (χ0n) is 17.7. The lowest BCUT2D eigenvalue weighted by Gasteiger charge is -2.16. The number of anilines is 1. The molecule has 3 aromatic rings. The topological polar surface area (TPSA) is 73.2 Å². The van der Waals surface area contributed by atoms with E-state index >= 15 is 0 Å². The van der Waals surface area contributed by atoms with Crippen LogP contribution in [0.15, 0.2) is 28.2 Å².